The Hall–Kier alpha value is -2.80. The van der Waals surface area contributed by atoms with Crippen molar-refractivity contribution in [1.82, 2.24) is 5.32 Å². The van der Waals surface area contributed by atoms with E-state index in [1.165, 1.54) is 42.5 Å². The maximum absolute atomic E-state index is 12.8. The molecule has 0 aromatic heterocycles. The Kier molecular flexibility index (Phi) is 4.80. The van der Waals surface area contributed by atoms with Gasteiger partial charge >= 0.3 is 0 Å². The van der Waals surface area contributed by atoms with Crippen LogP contribution in [0.3, 0.4) is 0 Å². The van der Waals surface area contributed by atoms with Crippen LogP contribution in [0.2, 0.25) is 0 Å². The Bertz CT molecular complexity index is 688. The predicted molar refractivity (Wildman–Crippen MR) is 76.8 cm³/mol. The molecule has 2 aromatic carbocycles. The zero-order valence-corrected chi connectivity index (χ0v) is 11.4. The first kappa shape index (κ1) is 15.6. The lowest BCUT2D eigenvalue weighted by atomic mass is 10.1. The van der Waals surface area contributed by atoms with E-state index in [1.54, 1.807) is 0 Å². The van der Waals surface area contributed by atoms with E-state index in [4.69, 9.17) is 0 Å². The minimum absolute atomic E-state index is 0.0901. The van der Waals surface area contributed by atoms with Crippen LogP contribution < -0.4 is 5.32 Å². The van der Waals surface area contributed by atoms with Gasteiger partial charge in [0.2, 0.25) is 0 Å². The van der Waals surface area contributed by atoms with E-state index in [2.05, 4.69) is 5.32 Å². The number of nitro benzene ring substituents is 1. The van der Waals surface area contributed by atoms with Gasteiger partial charge in [-0.15, -0.1) is 0 Å². The first-order valence-corrected chi connectivity index (χ1v) is 6.43. The molecule has 0 heterocycles. The molecular weight excluding hydrogens is 291 g/mol. The molecule has 6 nitrogen and oxygen atoms in total. The molecule has 1 atom stereocenters. The second kappa shape index (κ2) is 6.77. The van der Waals surface area contributed by atoms with E-state index in [0.717, 1.165) is 6.07 Å². The van der Waals surface area contributed by atoms with Gasteiger partial charge in [0, 0.05) is 24.2 Å². The molecule has 2 aromatic rings. The van der Waals surface area contributed by atoms with Crippen LogP contribution in [0.1, 0.15) is 22.0 Å². The van der Waals surface area contributed by atoms with Gasteiger partial charge in [-0.3, -0.25) is 14.9 Å². The van der Waals surface area contributed by atoms with Crippen molar-refractivity contribution in [3.63, 3.8) is 0 Å². The second-order valence-electron chi connectivity index (χ2n) is 4.58. The van der Waals surface area contributed by atoms with Gasteiger partial charge in [0.15, 0.2) is 0 Å². The van der Waals surface area contributed by atoms with Crippen LogP contribution in [0.5, 0.6) is 0 Å². The fourth-order valence-electron chi connectivity index (χ4n) is 1.85. The Morgan fingerprint density at radius 2 is 1.95 bits per heavy atom. The molecule has 22 heavy (non-hydrogen) atoms. The zero-order valence-electron chi connectivity index (χ0n) is 11.4. The van der Waals surface area contributed by atoms with E-state index in [0.29, 0.717) is 5.56 Å². The number of rotatable bonds is 5. The molecule has 0 fully saturated rings. The average Bonchev–Trinajstić information content (AvgIpc) is 2.53. The molecule has 0 aliphatic heterocycles. The molecule has 0 aliphatic rings. The lowest BCUT2D eigenvalue weighted by Crippen LogP contribution is -2.28. The van der Waals surface area contributed by atoms with Gasteiger partial charge in [-0.05, 0) is 23.8 Å². The van der Waals surface area contributed by atoms with Crippen molar-refractivity contribution in [2.24, 2.45) is 0 Å². The summed E-state index contributed by atoms with van der Waals surface area (Å²) in [6.07, 6.45) is -0.997. The topological polar surface area (TPSA) is 92.5 Å². The van der Waals surface area contributed by atoms with E-state index in [1.807, 2.05) is 0 Å². The highest BCUT2D eigenvalue weighted by molar-refractivity contribution is 5.94. The number of aliphatic hydroxyl groups is 1. The van der Waals surface area contributed by atoms with Crippen molar-refractivity contribution in [3.8, 4) is 0 Å². The van der Waals surface area contributed by atoms with Crippen LogP contribution in [-0.4, -0.2) is 22.5 Å². The highest BCUT2D eigenvalue weighted by Crippen LogP contribution is 2.15. The maximum atomic E-state index is 12.8. The zero-order chi connectivity index (χ0) is 16.1. The number of benzene rings is 2. The smallest absolute Gasteiger partial charge is 0.270 e. The van der Waals surface area contributed by atoms with Crippen molar-refractivity contribution in [2.45, 2.75) is 6.10 Å². The lowest BCUT2D eigenvalue weighted by Gasteiger charge is -2.12. The SMILES string of the molecule is O=C(NCC(O)c1ccc(F)cc1)c1cccc([N+](=O)[O-])c1. The van der Waals surface area contributed by atoms with Crippen molar-refractivity contribution in [2.75, 3.05) is 6.54 Å². The fourth-order valence-corrected chi connectivity index (χ4v) is 1.85. The van der Waals surface area contributed by atoms with Crippen molar-refractivity contribution < 1.29 is 19.2 Å². The molecule has 114 valence electrons. The van der Waals surface area contributed by atoms with Gasteiger partial charge in [0.05, 0.1) is 11.0 Å². The molecule has 0 spiro atoms. The Balaban J connectivity index is 1.99. The first-order chi connectivity index (χ1) is 10.5. The van der Waals surface area contributed by atoms with Crippen LogP contribution in [0.25, 0.3) is 0 Å². The molecule has 0 saturated carbocycles. The first-order valence-electron chi connectivity index (χ1n) is 6.43. The lowest BCUT2D eigenvalue weighted by molar-refractivity contribution is -0.384. The molecule has 0 bridgehead atoms. The number of carbonyl (C=O) groups is 1. The minimum Gasteiger partial charge on any atom is -0.387 e. The number of non-ortho nitro benzene ring substituents is 1. The number of nitrogens with zero attached hydrogens (tertiary/aromatic N) is 1. The number of nitrogens with one attached hydrogen (secondary N) is 1. The summed E-state index contributed by atoms with van der Waals surface area (Å²) >= 11 is 0. The molecule has 1 unspecified atom stereocenters. The summed E-state index contributed by atoms with van der Waals surface area (Å²) in [6.45, 7) is -0.0901. The highest BCUT2D eigenvalue weighted by Gasteiger charge is 2.13. The summed E-state index contributed by atoms with van der Waals surface area (Å²) in [6, 6.07) is 10.5. The fraction of sp³-hybridized carbons (Fsp3) is 0.133. The van der Waals surface area contributed by atoms with E-state index < -0.39 is 22.8 Å². The molecule has 0 radical (unpaired) electrons. The number of hydrogen-bond acceptors (Lipinski definition) is 4. The summed E-state index contributed by atoms with van der Waals surface area (Å²) in [5.41, 5.74) is 0.396. The van der Waals surface area contributed by atoms with Crippen LogP contribution in [-0.2, 0) is 0 Å². The van der Waals surface area contributed by atoms with Crippen molar-refractivity contribution >= 4 is 11.6 Å². The quantitative estimate of drug-likeness (QED) is 0.654. The van der Waals surface area contributed by atoms with Crippen LogP contribution in [0.15, 0.2) is 48.5 Å². The molecule has 7 heteroatoms. The normalized spacial score (nSPS) is 11.7. The van der Waals surface area contributed by atoms with Crippen LogP contribution >= 0.6 is 0 Å². The number of halogens is 1. The van der Waals surface area contributed by atoms with E-state index >= 15 is 0 Å². The third-order valence-corrected chi connectivity index (χ3v) is 3.03. The second-order valence-corrected chi connectivity index (χ2v) is 4.58. The predicted octanol–water partition coefficient (Wildman–Crippen LogP) is 2.20. The largest absolute Gasteiger partial charge is 0.387 e. The number of hydrogen-bond donors (Lipinski definition) is 2. The van der Waals surface area contributed by atoms with Gasteiger partial charge in [0.1, 0.15) is 5.82 Å². The number of amides is 1. The molecular formula is C15H13FN2O4. The van der Waals surface area contributed by atoms with Crippen molar-refractivity contribution in [3.05, 3.63) is 75.6 Å². The van der Waals surface area contributed by atoms with Gasteiger partial charge < -0.3 is 10.4 Å². The van der Waals surface area contributed by atoms with Crippen LogP contribution in [0.4, 0.5) is 10.1 Å². The summed E-state index contributed by atoms with van der Waals surface area (Å²) < 4.78 is 12.8. The third-order valence-electron chi connectivity index (χ3n) is 3.03. The van der Waals surface area contributed by atoms with Crippen molar-refractivity contribution in [1.29, 1.82) is 0 Å². The van der Waals surface area contributed by atoms with Crippen LogP contribution in [0, 0.1) is 15.9 Å². The standard InChI is InChI=1S/C15H13FN2O4/c16-12-6-4-10(5-7-12)14(19)9-17-15(20)11-2-1-3-13(8-11)18(21)22/h1-8,14,19H,9H2,(H,17,20). The van der Waals surface area contributed by atoms with Gasteiger partial charge in [-0.25, -0.2) is 4.39 Å². The molecule has 2 N–H and O–H groups in total. The highest BCUT2D eigenvalue weighted by atomic mass is 19.1. The van der Waals surface area contributed by atoms with Gasteiger partial charge in [-0.2, -0.15) is 0 Å². The number of aliphatic hydroxyl groups excluding tert-OH is 1. The average molecular weight is 304 g/mol. The summed E-state index contributed by atoms with van der Waals surface area (Å²) in [5.74, 6) is -0.957. The Morgan fingerprint density at radius 1 is 1.27 bits per heavy atom. The minimum atomic E-state index is -0.997. The molecule has 2 rings (SSSR count). The monoisotopic (exact) mass is 304 g/mol. The third kappa shape index (κ3) is 3.86. The number of carbonyl (C=O) groups excluding carboxylic acids is 1. The molecule has 1 amide bonds. The van der Waals surface area contributed by atoms with Gasteiger partial charge in [-0.1, -0.05) is 18.2 Å². The molecule has 0 saturated heterocycles. The molecule has 0 aliphatic carbocycles. The van der Waals surface area contributed by atoms with E-state index in [9.17, 15) is 24.4 Å². The Labute approximate surface area is 125 Å². The summed E-state index contributed by atoms with van der Waals surface area (Å²) in [7, 11) is 0. The van der Waals surface area contributed by atoms with Gasteiger partial charge in [0.25, 0.3) is 11.6 Å². The number of nitro groups is 1. The maximum Gasteiger partial charge on any atom is 0.270 e. The van der Waals surface area contributed by atoms with E-state index in [-0.39, 0.29) is 17.8 Å². The Morgan fingerprint density at radius 3 is 2.59 bits per heavy atom. The summed E-state index contributed by atoms with van der Waals surface area (Å²) in [4.78, 5) is 22.0. The summed E-state index contributed by atoms with van der Waals surface area (Å²) in [5, 5.41) is 23.0.